The summed E-state index contributed by atoms with van der Waals surface area (Å²) in [5.41, 5.74) is 1.92. The third-order valence-corrected chi connectivity index (χ3v) is 3.76. The summed E-state index contributed by atoms with van der Waals surface area (Å²) in [7, 11) is 1.61. The summed E-state index contributed by atoms with van der Waals surface area (Å²) in [5, 5.41) is 20.5. The molecule has 3 aromatic rings. The highest BCUT2D eigenvalue weighted by Crippen LogP contribution is 2.25. The van der Waals surface area contributed by atoms with Crippen molar-refractivity contribution >= 4 is 34.1 Å². The van der Waals surface area contributed by atoms with Crippen molar-refractivity contribution < 1.29 is 9.84 Å². The molecule has 120 valence electrons. The van der Waals surface area contributed by atoms with Gasteiger partial charge in [0.1, 0.15) is 11.5 Å². The Morgan fingerprint density at radius 2 is 1.88 bits per heavy atom. The number of methoxy groups -OCH3 is 1. The van der Waals surface area contributed by atoms with Crippen molar-refractivity contribution in [1.29, 1.82) is 0 Å². The Morgan fingerprint density at radius 1 is 1.08 bits per heavy atom. The maximum Gasteiger partial charge on any atom is 0.229 e. The Bertz CT molecular complexity index is 859. The topological polar surface area (TPSA) is 79.4 Å². The summed E-state index contributed by atoms with van der Waals surface area (Å²) < 4.78 is 5.11. The van der Waals surface area contributed by atoms with E-state index in [1.807, 2.05) is 29.6 Å². The Labute approximate surface area is 142 Å². The molecule has 7 heteroatoms. The monoisotopic (exact) mass is 338 g/mol. The Kier molecular flexibility index (Phi) is 4.93. The van der Waals surface area contributed by atoms with Gasteiger partial charge in [-0.3, -0.25) is 4.99 Å². The highest BCUT2D eigenvalue weighted by Gasteiger charge is 2.01. The third kappa shape index (κ3) is 4.02. The van der Waals surface area contributed by atoms with E-state index in [-0.39, 0.29) is 5.75 Å². The van der Waals surface area contributed by atoms with Gasteiger partial charge < -0.3 is 9.84 Å². The minimum Gasteiger partial charge on any atom is -0.507 e. The highest BCUT2D eigenvalue weighted by molar-refractivity contribution is 7.13. The molecular weight excluding hydrogens is 324 g/mol. The number of azo groups is 1. The molecule has 1 heterocycles. The van der Waals surface area contributed by atoms with Crippen LogP contribution in [0, 0.1) is 0 Å². The molecule has 0 aliphatic carbocycles. The van der Waals surface area contributed by atoms with Crippen LogP contribution in [0.3, 0.4) is 0 Å². The quantitative estimate of drug-likeness (QED) is 0.524. The number of ether oxygens (including phenoxy) is 1. The van der Waals surface area contributed by atoms with Crippen LogP contribution in [-0.2, 0) is 0 Å². The standard InChI is InChI=1S/C17H14N4O2S/c1-23-15-5-2-13(3-6-15)19-11-12-10-14(4-7-16(12)22)20-21-17-18-8-9-24-17/h2-11,22H,1H3. The van der Waals surface area contributed by atoms with E-state index in [4.69, 9.17) is 4.74 Å². The van der Waals surface area contributed by atoms with Crippen molar-refractivity contribution in [3.63, 3.8) is 0 Å². The van der Waals surface area contributed by atoms with Gasteiger partial charge in [-0.25, -0.2) is 4.98 Å². The normalized spacial score (nSPS) is 11.4. The number of benzene rings is 2. The van der Waals surface area contributed by atoms with Gasteiger partial charge in [-0.05, 0) is 42.5 Å². The molecule has 0 fully saturated rings. The number of phenolic OH excluding ortho intramolecular Hbond substituents is 1. The molecule has 0 radical (unpaired) electrons. The zero-order chi connectivity index (χ0) is 16.8. The van der Waals surface area contributed by atoms with Gasteiger partial charge in [0.25, 0.3) is 0 Å². The maximum atomic E-state index is 9.95. The first kappa shape index (κ1) is 15.8. The van der Waals surface area contributed by atoms with Crippen molar-refractivity contribution in [2.75, 3.05) is 7.11 Å². The van der Waals surface area contributed by atoms with Crippen LogP contribution in [0.4, 0.5) is 16.5 Å². The molecule has 3 rings (SSSR count). The molecular formula is C17H14N4O2S. The first-order valence-corrected chi connectivity index (χ1v) is 7.95. The summed E-state index contributed by atoms with van der Waals surface area (Å²) in [6.45, 7) is 0. The molecule has 0 atom stereocenters. The predicted octanol–water partition coefficient (Wildman–Crippen LogP) is 5.02. The van der Waals surface area contributed by atoms with Crippen LogP contribution in [0.1, 0.15) is 5.56 Å². The molecule has 24 heavy (non-hydrogen) atoms. The number of phenols is 1. The van der Waals surface area contributed by atoms with Crippen molar-refractivity contribution in [1.82, 2.24) is 4.98 Å². The minimum absolute atomic E-state index is 0.125. The van der Waals surface area contributed by atoms with Gasteiger partial charge in [0, 0.05) is 23.4 Å². The summed E-state index contributed by atoms with van der Waals surface area (Å²) in [6, 6.07) is 12.3. The summed E-state index contributed by atoms with van der Waals surface area (Å²) in [4.78, 5) is 8.37. The smallest absolute Gasteiger partial charge is 0.229 e. The summed E-state index contributed by atoms with van der Waals surface area (Å²) >= 11 is 1.40. The number of nitrogens with zero attached hydrogens (tertiary/aromatic N) is 4. The van der Waals surface area contributed by atoms with Gasteiger partial charge in [-0.1, -0.05) is 0 Å². The van der Waals surface area contributed by atoms with Crippen molar-refractivity contribution in [3.8, 4) is 11.5 Å². The highest BCUT2D eigenvalue weighted by atomic mass is 32.1. The summed E-state index contributed by atoms with van der Waals surface area (Å²) in [5.74, 6) is 0.891. The van der Waals surface area contributed by atoms with E-state index in [2.05, 4.69) is 20.2 Å². The Morgan fingerprint density at radius 3 is 2.58 bits per heavy atom. The SMILES string of the molecule is COc1ccc(N=Cc2cc(N=Nc3nccs3)ccc2O)cc1. The van der Waals surface area contributed by atoms with Gasteiger partial charge in [0.05, 0.1) is 18.5 Å². The van der Waals surface area contributed by atoms with Crippen LogP contribution < -0.4 is 4.74 Å². The fourth-order valence-corrected chi connectivity index (χ4v) is 2.34. The molecule has 0 saturated heterocycles. The molecule has 1 N–H and O–H groups in total. The fourth-order valence-electron chi connectivity index (χ4n) is 1.89. The zero-order valence-electron chi connectivity index (χ0n) is 12.8. The lowest BCUT2D eigenvalue weighted by molar-refractivity contribution is 0.415. The molecule has 0 amide bonds. The van der Waals surface area contributed by atoms with Gasteiger partial charge >= 0.3 is 0 Å². The third-order valence-electron chi connectivity index (χ3n) is 3.11. The van der Waals surface area contributed by atoms with Gasteiger partial charge in [-0.2, -0.15) is 0 Å². The van der Waals surface area contributed by atoms with Gasteiger partial charge in [-0.15, -0.1) is 21.6 Å². The van der Waals surface area contributed by atoms with Crippen molar-refractivity contribution in [3.05, 3.63) is 59.6 Å². The lowest BCUT2D eigenvalue weighted by Crippen LogP contribution is -1.83. The first-order valence-electron chi connectivity index (χ1n) is 7.07. The Hall–Kier alpha value is -3.06. The van der Waals surface area contributed by atoms with E-state index in [0.29, 0.717) is 16.4 Å². The average Bonchev–Trinajstić information content (AvgIpc) is 3.14. The number of thiazole rings is 1. The second-order valence-corrected chi connectivity index (χ2v) is 5.59. The zero-order valence-corrected chi connectivity index (χ0v) is 13.6. The minimum atomic E-state index is 0.125. The molecule has 1 aromatic heterocycles. The fraction of sp³-hybridized carbons (Fsp3) is 0.0588. The molecule has 0 aliphatic rings. The molecule has 0 saturated carbocycles. The number of aliphatic imine (C=N–C) groups is 1. The van der Waals surface area contributed by atoms with Crippen LogP contribution in [-0.4, -0.2) is 23.4 Å². The number of aromatic nitrogens is 1. The molecule has 0 unspecified atom stereocenters. The number of hydrogen-bond acceptors (Lipinski definition) is 7. The van der Waals surface area contributed by atoms with Gasteiger partial charge in [0.15, 0.2) is 0 Å². The second kappa shape index (κ2) is 7.47. The van der Waals surface area contributed by atoms with E-state index in [1.165, 1.54) is 11.3 Å². The van der Waals surface area contributed by atoms with Crippen molar-refractivity contribution in [2.24, 2.45) is 15.2 Å². The lowest BCUT2D eigenvalue weighted by Gasteiger charge is -2.01. The maximum absolute atomic E-state index is 9.95. The van der Waals surface area contributed by atoms with E-state index in [9.17, 15) is 5.11 Å². The van der Waals surface area contributed by atoms with Crippen LogP contribution in [0.5, 0.6) is 11.5 Å². The Balaban J connectivity index is 1.79. The number of aromatic hydroxyl groups is 1. The second-order valence-electron chi connectivity index (χ2n) is 4.71. The van der Waals surface area contributed by atoms with Crippen LogP contribution in [0.15, 0.2) is 69.3 Å². The molecule has 6 nitrogen and oxygen atoms in total. The number of hydrogen-bond donors (Lipinski definition) is 1. The first-order chi connectivity index (χ1) is 11.7. The predicted molar refractivity (Wildman–Crippen MR) is 94.6 cm³/mol. The van der Waals surface area contributed by atoms with E-state index >= 15 is 0 Å². The van der Waals surface area contributed by atoms with Crippen LogP contribution in [0.25, 0.3) is 0 Å². The molecule has 2 aromatic carbocycles. The van der Waals surface area contributed by atoms with E-state index in [0.717, 1.165) is 11.4 Å². The van der Waals surface area contributed by atoms with Gasteiger partial charge in [0.2, 0.25) is 5.13 Å². The number of rotatable bonds is 5. The summed E-state index contributed by atoms with van der Waals surface area (Å²) in [6.07, 6.45) is 3.25. The van der Waals surface area contributed by atoms with E-state index < -0.39 is 0 Å². The largest absolute Gasteiger partial charge is 0.507 e. The average molecular weight is 338 g/mol. The van der Waals surface area contributed by atoms with E-state index in [1.54, 1.807) is 37.7 Å². The molecule has 0 aliphatic heterocycles. The molecule has 0 spiro atoms. The van der Waals surface area contributed by atoms with Crippen LogP contribution >= 0.6 is 11.3 Å². The van der Waals surface area contributed by atoms with Crippen molar-refractivity contribution in [2.45, 2.75) is 0 Å². The van der Waals surface area contributed by atoms with Crippen LogP contribution in [0.2, 0.25) is 0 Å². The molecule has 0 bridgehead atoms. The lowest BCUT2D eigenvalue weighted by atomic mass is 10.2.